The molecule has 0 bridgehead atoms. The van der Waals surface area contributed by atoms with Crippen LogP contribution in [0.3, 0.4) is 0 Å². The van der Waals surface area contributed by atoms with E-state index < -0.39 is 11.7 Å². The zero-order valence-electron chi connectivity index (χ0n) is 10.5. The van der Waals surface area contributed by atoms with Crippen LogP contribution in [-0.4, -0.2) is 15.9 Å². The van der Waals surface area contributed by atoms with Crippen molar-refractivity contribution in [2.45, 2.75) is 13.0 Å². The molecule has 0 aliphatic rings. The van der Waals surface area contributed by atoms with Crippen LogP contribution < -0.4 is 5.32 Å². The van der Waals surface area contributed by atoms with Gasteiger partial charge < -0.3 is 5.32 Å². The average molecular weight is 270 g/mol. The molecule has 0 aliphatic carbocycles. The monoisotopic (exact) mass is 270 g/mol. The van der Waals surface area contributed by atoms with Gasteiger partial charge in [-0.25, -0.2) is 4.39 Å². The van der Waals surface area contributed by atoms with Crippen molar-refractivity contribution < 1.29 is 9.18 Å². The Morgan fingerprint density at radius 3 is 2.95 bits per heavy atom. The van der Waals surface area contributed by atoms with Gasteiger partial charge >= 0.3 is 0 Å². The Bertz CT molecular complexity index is 666. The summed E-state index contributed by atoms with van der Waals surface area (Å²) >= 11 is 0. The minimum atomic E-state index is -0.473. The van der Waals surface area contributed by atoms with Gasteiger partial charge in [0.05, 0.1) is 24.7 Å². The number of aromatic nitrogens is 2. The Morgan fingerprint density at radius 2 is 2.20 bits per heavy atom. The molecule has 6 heteroatoms. The number of nitriles is 1. The van der Waals surface area contributed by atoms with Crippen LogP contribution in [0, 0.1) is 17.1 Å². The molecule has 0 fully saturated rings. The maximum Gasteiger partial charge on any atom is 0.270 e. The van der Waals surface area contributed by atoms with Crippen molar-refractivity contribution in [1.82, 2.24) is 15.3 Å². The van der Waals surface area contributed by atoms with Gasteiger partial charge in [0.25, 0.3) is 5.91 Å². The van der Waals surface area contributed by atoms with E-state index in [1.165, 1.54) is 30.6 Å². The number of carbonyl (C=O) groups excluding carboxylic acids is 1. The van der Waals surface area contributed by atoms with Crippen molar-refractivity contribution in [3.8, 4) is 6.07 Å². The van der Waals surface area contributed by atoms with Crippen molar-refractivity contribution in [2.24, 2.45) is 0 Å². The van der Waals surface area contributed by atoms with E-state index in [0.717, 1.165) is 0 Å². The summed E-state index contributed by atoms with van der Waals surface area (Å²) in [6.45, 7) is -0.0182. The highest BCUT2D eigenvalue weighted by atomic mass is 19.1. The van der Waals surface area contributed by atoms with Crippen LogP contribution in [0.4, 0.5) is 4.39 Å². The minimum absolute atomic E-state index is 0.0182. The smallest absolute Gasteiger partial charge is 0.270 e. The SMILES string of the molecule is N#CCc1ccnc(C(=O)NCc2ncccc2F)c1. The number of halogens is 1. The quantitative estimate of drug-likeness (QED) is 0.915. The van der Waals surface area contributed by atoms with Crippen LogP contribution in [0.25, 0.3) is 0 Å². The molecule has 1 N–H and O–H groups in total. The number of hydrogen-bond acceptors (Lipinski definition) is 4. The van der Waals surface area contributed by atoms with Crippen LogP contribution in [0.1, 0.15) is 21.7 Å². The van der Waals surface area contributed by atoms with E-state index in [1.54, 1.807) is 6.07 Å². The molecule has 20 heavy (non-hydrogen) atoms. The number of hydrogen-bond donors (Lipinski definition) is 1. The van der Waals surface area contributed by atoms with Gasteiger partial charge in [0, 0.05) is 12.4 Å². The van der Waals surface area contributed by atoms with E-state index in [1.807, 2.05) is 6.07 Å². The van der Waals surface area contributed by atoms with E-state index in [0.29, 0.717) is 5.56 Å². The molecule has 2 aromatic heterocycles. The third-order valence-electron chi connectivity index (χ3n) is 2.59. The second kappa shape index (κ2) is 6.38. The predicted octanol–water partition coefficient (Wildman–Crippen LogP) is 1.61. The first-order valence-corrected chi connectivity index (χ1v) is 5.90. The highest BCUT2D eigenvalue weighted by Gasteiger charge is 2.09. The highest BCUT2D eigenvalue weighted by molar-refractivity contribution is 5.92. The minimum Gasteiger partial charge on any atom is -0.345 e. The van der Waals surface area contributed by atoms with Crippen LogP contribution in [0.2, 0.25) is 0 Å². The lowest BCUT2D eigenvalue weighted by Gasteiger charge is -2.05. The molecule has 2 rings (SSSR count). The van der Waals surface area contributed by atoms with Gasteiger partial charge in [0.15, 0.2) is 0 Å². The number of nitrogens with one attached hydrogen (secondary N) is 1. The van der Waals surface area contributed by atoms with Crippen molar-refractivity contribution in [1.29, 1.82) is 5.26 Å². The molecule has 0 aliphatic heterocycles. The van der Waals surface area contributed by atoms with Crippen molar-refractivity contribution in [3.63, 3.8) is 0 Å². The largest absolute Gasteiger partial charge is 0.345 e. The van der Waals surface area contributed by atoms with Gasteiger partial charge in [-0.1, -0.05) is 0 Å². The maximum atomic E-state index is 13.3. The summed E-state index contributed by atoms with van der Waals surface area (Å²) in [6.07, 6.45) is 3.12. The lowest BCUT2D eigenvalue weighted by atomic mass is 10.2. The van der Waals surface area contributed by atoms with Gasteiger partial charge in [0.1, 0.15) is 11.5 Å². The molecule has 100 valence electrons. The Morgan fingerprint density at radius 1 is 1.35 bits per heavy atom. The molecule has 5 nitrogen and oxygen atoms in total. The second-order valence-electron chi connectivity index (χ2n) is 4.00. The van der Waals surface area contributed by atoms with Crippen LogP contribution in [0.5, 0.6) is 0 Å². The Kier molecular flexibility index (Phi) is 4.35. The molecule has 0 unspecified atom stereocenters. The number of rotatable bonds is 4. The lowest BCUT2D eigenvalue weighted by molar-refractivity contribution is 0.0945. The molecule has 0 atom stereocenters. The van der Waals surface area contributed by atoms with Gasteiger partial charge in [-0.3, -0.25) is 14.8 Å². The first kappa shape index (κ1) is 13.6. The summed E-state index contributed by atoms with van der Waals surface area (Å²) in [5, 5.41) is 11.1. The summed E-state index contributed by atoms with van der Waals surface area (Å²) < 4.78 is 13.3. The topological polar surface area (TPSA) is 78.7 Å². The predicted molar refractivity (Wildman–Crippen MR) is 68.9 cm³/mol. The van der Waals surface area contributed by atoms with Crippen LogP contribution in [0.15, 0.2) is 36.7 Å². The molecule has 0 saturated heterocycles. The lowest BCUT2D eigenvalue weighted by Crippen LogP contribution is -2.25. The van der Waals surface area contributed by atoms with Gasteiger partial charge in [-0.2, -0.15) is 5.26 Å². The standard InChI is InChI=1S/C14H11FN4O/c15-11-2-1-6-17-13(11)9-19-14(20)12-8-10(3-5-16)4-7-18-12/h1-2,4,6-8H,3,9H2,(H,19,20). The van der Waals surface area contributed by atoms with Crippen molar-refractivity contribution >= 4 is 5.91 Å². The van der Waals surface area contributed by atoms with Gasteiger partial charge in [-0.05, 0) is 29.8 Å². The fourth-order valence-electron chi connectivity index (χ4n) is 1.60. The summed E-state index contributed by atoms with van der Waals surface area (Å²) in [5.41, 5.74) is 1.06. The third kappa shape index (κ3) is 3.36. The second-order valence-corrected chi connectivity index (χ2v) is 4.00. The molecule has 0 saturated carbocycles. The molecule has 0 aromatic carbocycles. The highest BCUT2D eigenvalue weighted by Crippen LogP contribution is 2.05. The summed E-state index contributed by atoms with van der Waals surface area (Å²) in [7, 11) is 0. The van der Waals surface area contributed by atoms with Crippen molar-refractivity contribution in [3.05, 3.63) is 59.4 Å². The van der Waals surface area contributed by atoms with E-state index in [4.69, 9.17) is 5.26 Å². The van der Waals surface area contributed by atoms with E-state index in [2.05, 4.69) is 15.3 Å². The molecular formula is C14H11FN4O. The molecule has 0 radical (unpaired) electrons. The fourth-order valence-corrected chi connectivity index (χ4v) is 1.60. The van der Waals surface area contributed by atoms with Crippen molar-refractivity contribution in [2.75, 3.05) is 0 Å². The first-order valence-electron chi connectivity index (χ1n) is 5.90. The van der Waals surface area contributed by atoms with E-state index in [-0.39, 0.29) is 24.4 Å². The Labute approximate surface area is 115 Å². The third-order valence-corrected chi connectivity index (χ3v) is 2.59. The number of pyridine rings is 2. The molecular weight excluding hydrogens is 259 g/mol. The van der Waals surface area contributed by atoms with Gasteiger partial charge in [0.2, 0.25) is 0 Å². The maximum absolute atomic E-state index is 13.3. The molecule has 0 spiro atoms. The van der Waals surface area contributed by atoms with E-state index in [9.17, 15) is 9.18 Å². The zero-order chi connectivity index (χ0) is 14.4. The molecule has 2 aromatic rings. The Hall–Kier alpha value is -2.81. The Balaban J connectivity index is 2.04. The number of amides is 1. The fraction of sp³-hybridized carbons (Fsp3) is 0.143. The van der Waals surface area contributed by atoms with Crippen LogP contribution in [-0.2, 0) is 13.0 Å². The average Bonchev–Trinajstić information content (AvgIpc) is 2.47. The summed E-state index contributed by atoms with van der Waals surface area (Å²) in [4.78, 5) is 19.6. The van der Waals surface area contributed by atoms with Crippen LogP contribution >= 0.6 is 0 Å². The summed E-state index contributed by atoms with van der Waals surface area (Å²) in [5.74, 6) is -0.908. The molecule has 2 heterocycles. The van der Waals surface area contributed by atoms with Gasteiger partial charge in [-0.15, -0.1) is 0 Å². The normalized spacial score (nSPS) is 9.80. The van der Waals surface area contributed by atoms with E-state index >= 15 is 0 Å². The number of carbonyl (C=O) groups is 1. The number of nitrogens with zero attached hydrogens (tertiary/aromatic N) is 3. The molecule has 1 amide bonds. The first-order chi connectivity index (χ1) is 9.70. The summed E-state index contributed by atoms with van der Waals surface area (Å²) in [6, 6.07) is 7.95. The zero-order valence-corrected chi connectivity index (χ0v) is 10.5.